The minimum atomic E-state index is 0.274. The molecule has 0 N–H and O–H groups in total. The van der Waals surface area contributed by atoms with Crippen LogP contribution in [0, 0.1) is 17.8 Å². The molecule has 0 unspecified atom stereocenters. The molecule has 1 aromatic heterocycles. The maximum absolute atomic E-state index is 12.2. The van der Waals surface area contributed by atoms with E-state index in [1.807, 2.05) is 17.5 Å². The van der Waals surface area contributed by atoms with Gasteiger partial charge in [-0.2, -0.15) is 0 Å². The molecule has 1 aromatic rings. The molecule has 3 atom stereocenters. The van der Waals surface area contributed by atoms with E-state index in [1.54, 1.807) is 11.3 Å². The molecule has 2 bridgehead atoms. The van der Waals surface area contributed by atoms with E-state index in [9.17, 15) is 4.79 Å². The fraction of sp³-hybridized carbons (Fsp3) is 0.462. The number of hydrogen-bond donors (Lipinski definition) is 0. The Morgan fingerprint density at radius 2 is 2.31 bits per heavy atom. The highest BCUT2D eigenvalue weighted by molar-refractivity contribution is 8.15. The summed E-state index contributed by atoms with van der Waals surface area (Å²) in [5.41, 5.74) is 0. The molecule has 0 aromatic carbocycles. The van der Waals surface area contributed by atoms with E-state index in [0.717, 1.165) is 10.6 Å². The number of thiophene rings is 1. The summed E-state index contributed by atoms with van der Waals surface area (Å²) in [6.45, 7) is 0. The summed E-state index contributed by atoms with van der Waals surface area (Å²) in [6.07, 6.45) is 8.17. The van der Waals surface area contributed by atoms with Crippen LogP contribution >= 0.6 is 23.1 Å². The molecule has 84 valence electrons. The van der Waals surface area contributed by atoms with E-state index in [1.165, 1.54) is 24.6 Å². The molecule has 0 amide bonds. The molecule has 3 heteroatoms. The monoisotopic (exact) mass is 250 g/mol. The second-order valence-corrected chi connectivity index (χ2v) is 6.83. The zero-order valence-electron chi connectivity index (χ0n) is 8.96. The van der Waals surface area contributed by atoms with Crippen LogP contribution in [-0.2, 0) is 4.79 Å². The first-order valence-electron chi connectivity index (χ1n) is 5.76. The molecular formula is C13H14OS2. The standard InChI is InChI=1S/C13H14OS2/c14-13(16-12-2-1-7-15-12)11-8-9-3-5-10(11)6-4-9/h1-3,5,7,9-11H,4,6,8H2/t9-,10-,11+/m0/s1. The number of carbonyl (C=O) groups is 1. The minimum Gasteiger partial charge on any atom is -0.286 e. The number of hydrogen-bond acceptors (Lipinski definition) is 3. The van der Waals surface area contributed by atoms with Crippen molar-refractivity contribution in [3.05, 3.63) is 29.7 Å². The number of thioether (sulfide) groups is 1. The molecular weight excluding hydrogens is 236 g/mol. The topological polar surface area (TPSA) is 17.1 Å². The first kappa shape index (κ1) is 10.6. The average Bonchev–Trinajstić information content (AvgIpc) is 2.83. The number of rotatable bonds is 2. The summed E-state index contributed by atoms with van der Waals surface area (Å²) in [4.78, 5) is 12.2. The van der Waals surface area contributed by atoms with Crippen LogP contribution in [0.1, 0.15) is 19.3 Å². The summed E-state index contributed by atoms with van der Waals surface area (Å²) >= 11 is 3.10. The third-order valence-electron chi connectivity index (χ3n) is 3.57. The summed E-state index contributed by atoms with van der Waals surface area (Å²) in [6, 6.07) is 4.04. The van der Waals surface area contributed by atoms with Crippen molar-refractivity contribution < 1.29 is 4.79 Å². The molecule has 1 saturated carbocycles. The molecule has 4 rings (SSSR count). The van der Waals surface area contributed by atoms with Gasteiger partial charge in [0.1, 0.15) is 0 Å². The van der Waals surface area contributed by atoms with Gasteiger partial charge in [-0.3, -0.25) is 4.79 Å². The maximum atomic E-state index is 12.2. The minimum absolute atomic E-state index is 0.274. The van der Waals surface area contributed by atoms with Gasteiger partial charge in [0, 0.05) is 5.92 Å². The lowest BCUT2D eigenvalue weighted by molar-refractivity contribution is -0.116. The van der Waals surface area contributed by atoms with E-state index in [0.29, 0.717) is 17.0 Å². The van der Waals surface area contributed by atoms with Crippen molar-refractivity contribution in [3.63, 3.8) is 0 Å². The van der Waals surface area contributed by atoms with Crippen molar-refractivity contribution in [3.8, 4) is 0 Å². The van der Waals surface area contributed by atoms with Crippen LogP contribution in [0.5, 0.6) is 0 Å². The maximum Gasteiger partial charge on any atom is 0.198 e. The van der Waals surface area contributed by atoms with Gasteiger partial charge in [-0.05, 0) is 54.3 Å². The molecule has 16 heavy (non-hydrogen) atoms. The van der Waals surface area contributed by atoms with Crippen molar-refractivity contribution in [2.75, 3.05) is 0 Å². The van der Waals surface area contributed by atoms with E-state index in [4.69, 9.17) is 0 Å². The Morgan fingerprint density at radius 3 is 2.88 bits per heavy atom. The Morgan fingerprint density at radius 1 is 1.38 bits per heavy atom. The summed E-state index contributed by atoms with van der Waals surface area (Å²) in [5.74, 6) is 1.46. The van der Waals surface area contributed by atoms with Crippen LogP contribution in [0.25, 0.3) is 0 Å². The molecule has 1 nitrogen and oxygen atoms in total. The highest BCUT2D eigenvalue weighted by Gasteiger charge is 2.36. The average molecular weight is 250 g/mol. The predicted molar refractivity (Wildman–Crippen MR) is 68.6 cm³/mol. The van der Waals surface area contributed by atoms with E-state index < -0.39 is 0 Å². The molecule has 3 aliphatic carbocycles. The first-order chi connectivity index (χ1) is 7.83. The highest BCUT2D eigenvalue weighted by atomic mass is 32.2. The zero-order valence-corrected chi connectivity index (χ0v) is 10.6. The van der Waals surface area contributed by atoms with E-state index >= 15 is 0 Å². The largest absolute Gasteiger partial charge is 0.286 e. The van der Waals surface area contributed by atoms with Gasteiger partial charge in [0.25, 0.3) is 0 Å². The SMILES string of the molecule is O=C(Sc1cccs1)[C@@H]1C[C@H]2C=C[C@H]1CC2. The van der Waals surface area contributed by atoms with Gasteiger partial charge in [0.2, 0.25) is 0 Å². The Labute approximate surface area is 104 Å². The quantitative estimate of drug-likeness (QED) is 0.583. The number of carbonyl (C=O) groups excluding carboxylic acids is 1. The fourth-order valence-electron chi connectivity index (χ4n) is 2.70. The van der Waals surface area contributed by atoms with Crippen LogP contribution < -0.4 is 0 Å². The third kappa shape index (κ3) is 1.98. The Balaban J connectivity index is 1.70. The number of allylic oxidation sites excluding steroid dienone is 2. The predicted octanol–water partition coefficient (Wildman–Crippen LogP) is 3.97. The lowest BCUT2D eigenvalue weighted by Gasteiger charge is -2.36. The molecule has 0 saturated heterocycles. The molecule has 3 aliphatic rings. The van der Waals surface area contributed by atoms with Crippen molar-refractivity contribution in [2.24, 2.45) is 17.8 Å². The lowest BCUT2D eigenvalue weighted by atomic mass is 9.70. The van der Waals surface area contributed by atoms with Gasteiger partial charge in [-0.25, -0.2) is 0 Å². The Bertz CT molecular complexity index is 408. The van der Waals surface area contributed by atoms with Gasteiger partial charge in [-0.1, -0.05) is 18.2 Å². The van der Waals surface area contributed by atoms with Crippen molar-refractivity contribution in [1.29, 1.82) is 0 Å². The third-order valence-corrected chi connectivity index (χ3v) is 5.62. The van der Waals surface area contributed by atoms with Gasteiger partial charge >= 0.3 is 0 Å². The number of fused-ring (bicyclic) bond motifs is 2. The second-order valence-electron chi connectivity index (χ2n) is 4.58. The second kappa shape index (κ2) is 4.38. The fourth-order valence-corrected chi connectivity index (χ4v) is 4.52. The van der Waals surface area contributed by atoms with Gasteiger partial charge < -0.3 is 0 Å². The van der Waals surface area contributed by atoms with Crippen molar-refractivity contribution in [1.82, 2.24) is 0 Å². The van der Waals surface area contributed by atoms with Crippen LogP contribution in [-0.4, -0.2) is 5.12 Å². The van der Waals surface area contributed by atoms with Crippen LogP contribution in [0.4, 0.5) is 0 Å². The summed E-state index contributed by atoms with van der Waals surface area (Å²) in [5, 5.41) is 2.41. The summed E-state index contributed by atoms with van der Waals surface area (Å²) in [7, 11) is 0. The zero-order chi connectivity index (χ0) is 11.0. The van der Waals surface area contributed by atoms with Crippen molar-refractivity contribution in [2.45, 2.75) is 23.5 Å². The Hall–Kier alpha value is -0.540. The smallest absolute Gasteiger partial charge is 0.198 e. The van der Waals surface area contributed by atoms with Crippen LogP contribution in [0.15, 0.2) is 33.9 Å². The van der Waals surface area contributed by atoms with Gasteiger partial charge in [-0.15, -0.1) is 11.3 Å². The summed E-state index contributed by atoms with van der Waals surface area (Å²) < 4.78 is 1.13. The van der Waals surface area contributed by atoms with Crippen molar-refractivity contribution >= 4 is 28.2 Å². The van der Waals surface area contributed by atoms with Crippen LogP contribution in [0.2, 0.25) is 0 Å². The van der Waals surface area contributed by atoms with Gasteiger partial charge in [0.15, 0.2) is 5.12 Å². The molecule has 0 spiro atoms. The Kier molecular flexibility index (Phi) is 2.90. The molecule has 0 radical (unpaired) electrons. The molecule has 1 fully saturated rings. The highest BCUT2D eigenvalue weighted by Crippen LogP contribution is 2.43. The van der Waals surface area contributed by atoms with E-state index in [2.05, 4.69) is 12.2 Å². The first-order valence-corrected chi connectivity index (χ1v) is 7.46. The van der Waals surface area contributed by atoms with Gasteiger partial charge in [0.05, 0.1) is 4.21 Å². The molecule has 0 aliphatic heterocycles. The lowest BCUT2D eigenvalue weighted by Crippen LogP contribution is -2.31. The normalized spacial score (nSPS) is 31.9. The van der Waals surface area contributed by atoms with Crippen LogP contribution in [0.3, 0.4) is 0 Å². The molecule has 1 heterocycles. The van der Waals surface area contributed by atoms with E-state index in [-0.39, 0.29) is 5.92 Å².